The number of esters is 1. The van der Waals surface area contributed by atoms with E-state index in [1.54, 1.807) is 12.1 Å². The molecule has 0 radical (unpaired) electrons. The number of thiophene rings is 1. The Morgan fingerprint density at radius 3 is 2.62 bits per heavy atom. The van der Waals surface area contributed by atoms with E-state index in [1.165, 1.54) is 18.4 Å². The molecule has 0 saturated heterocycles. The molecule has 0 N–H and O–H groups in total. The van der Waals surface area contributed by atoms with Gasteiger partial charge in [0.1, 0.15) is 4.88 Å². The summed E-state index contributed by atoms with van der Waals surface area (Å²) in [6.45, 7) is 2.25. The molecule has 1 fully saturated rings. The number of carbonyl (C=O) groups is 1. The first-order valence-corrected chi connectivity index (χ1v) is 11.5. The summed E-state index contributed by atoms with van der Waals surface area (Å²) in [5.41, 5.74) is 0.996. The summed E-state index contributed by atoms with van der Waals surface area (Å²) in [5, 5.41) is 1.41. The van der Waals surface area contributed by atoms with E-state index < -0.39 is 0 Å². The molecule has 1 aromatic carbocycles. The molecule has 29 heavy (non-hydrogen) atoms. The van der Waals surface area contributed by atoms with Gasteiger partial charge in [-0.1, -0.05) is 48.4 Å². The molecule has 1 aliphatic rings. The van der Waals surface area contributed by atoms with Crippen molar-refractivity contribution in [3.63, 3.8) is 0 Å². The van der Waals surface area contributed by atoms with E-state index in [1.807, 2.05) is 18.2 Å². The highest BCUT2D eigenvalue weighted by Gasteiger charge is 2.37. The first-order valence-electron chi connectivity index (χ1n) is 9.50. The number of benzene rings is 1. The summed E-state index contributed by atoms with van der Waals surface area (Å²) in [4.78, 5) is 13.2. The fourth-order valence-corrected chi connectivity index (χ4v) is 5.83. The first-order chi connectivity index (χ1) is 13.9. The highest BCUT2D eigenvalue weighted by atomic mass is 35.5. The van der Waals surface area contributed by atoms with E-state index in [4.69, 9.17) is 39.5 Å². The molecule has 0 bridgehead atoms. The van der Waals surface area contributed by atoms with Crippen LogP contribution in [-0.4, -0.2) is 18.5 Å². The average molecular weight is 470 g/mol. The largest absolute Gasteiger partial charge is 0.465 e. The maximum absolute atomic E-state index is 11.6. The first kappa shape index (κ1) is 22.4. The van der Waals surface area contributed by atoms with Crippen LogP contribution in [0.25, 0.3) is 12.2 Å². The molecule has 154 valence electrons. The quantitative estimate of drug-likeness (QED) is 0.318. The third-order valence-corrected chi connectivity index (χ3v) is 7.28. The second kappa shape index (κ2) is 10.2. The van der Waals surface area contributed by atoms with Gasteiger partial charge in [0, 0.05) is 20.3 Å². The number of ether oxygens (including phenoxy) is 1. The van der Waals surface area contributed by atoms with E-state index in [9.17, 15) is 4.79 Å². The number of carbonyl (C=O) groups excluding carboxylic acids is 1. The minimum absolute atomic E-state index is 0.140. The second-order valence-electron chi connectivity index (χ2n) is 7.36. The molecular formula is C23H23Cl3O2S. The number of alkyl halides is 1. The highest BCUT2D eigenvalue weighted by molar-refractivity contribution is 7.14. The van der Waals surface area contributed by atoms with Crippen LogP contribution in [0.2, 0.25) is 10.0 Å². The monoisotopic (exact) mass is 468 g/mol. The summed E-state index contributed by atoms with van der Waals surface area (Å²) in [6, 6.07) is 9.28. The molecular weight excluding hydrogens is 447 g/mol. The number of rotatable bonds is 6. The van der Waals surface area contributed by atoms with Crippen LogP contribution in [0, 0.1) is 17.8 Å². The van der Waals surface area contributed by atoms with Crippen molar-refractivity contribution in [2.45, 2.75) is 25.1 Å². The van der Waals surface area contributed by atoms with Crippen molar-refractivity contribution in [3.05, 3.63) is 67.8 Å². The van der Waals surface area contributed by atoms with Gasteiger partial charge in [-0.2, -0.15) is 0 Å². The van der Waals surface area contributed by atoms with Gasteiger partial charge in [0.25, 0.3) is 0 Å². The zero-order valence-corrected chi connectivity index (χ0v) is 19.4. The van der Waals surface area contributed by atoms with Gasteiger partial charge < -0.3 is 4.74 Å². The standard InChI is InChI=1S/C23H23Cl3O2S/c1-14-10-21(26)20(5-3-4-18-7-9-22(29-18)23(27)28-2)19(14)8-6-15-11-16(24)13-17(25)12-15/h3-4,6-9,11-14,19-21H,5,10H2,1-2H3/b4-3+,8-6+/t14-,19+,20-,21-/m1/s1. The lowest BCUT2D eigenvalue weighted by Gasteiger charge is -2.19. The Balaban J connectivity index is 1.68. The van der Waals surface area contributed by atoms with Crippen molar-refractivity contribution >= 4 is 64.3 Å². The summed E-state index contributed by atoms with van der Waals surface area (Å²) < 4.78 is 4.76. The third kappa shape index (κ3) is 5.88. The molecule has 2 nitrogen and oxygen atoms in total. The molecule has 3 rings (SSSR count). The Hall–Kier alpha value is -1.26. The normalized spacial score (nSPS) is 24.6. The van der Waals surface area contributed by atoms with Crippen LogP contribution >= 0.6 is 46.1 Å². The van der Waals surface area contributed by atoms with Crippen molar-refractivity contribution < 1.29 is 9.53 Å². The lowest BCUT2D eigenvalue weighted by molar-refractivity contribution is 0.0606. The Kier molecular flexibility index (Phi) is 7.86. The van der Waals surface area contributed by atoms with Crippen LogP contribution in [0.4, 0.5) is 0 Å². The lowest BCUT2D eigenvalue weighted by atomic mass is 9.87. The van der Waals surface area contributed by atoms with Gasteiger partial charge in [0.2, 0.25) is 0 Å². The Labute approximate surface area is 191 Å². The van der Waals surface area contributed by atoms with E-state index in [0.29, 0.717) is 32.7 Å². The summed E-state index contributed by atoms with van der Waals surface area (Å²) in [6.07, 6.45) is 10.4. The molecule has 0 aliphatic heterocycles. The SMILES string of the molecule is COC(=O)c1ccc(/C=C/C[C@@H]2[C@@H](/C=C/c3cc(Cl)cc(Cl)c3)[C@H](C)C[C@H]2Cl)s1. The molecule has 0 spiro atoms. The van der Waals surface area contributed by atoms with E-state index in [-0.39, 0.29) is 11.3 Å². The molecule has 6 heteroatoms. The zero-order chi connectivity index (χ0) is 21.0. The lowest BCUT2D eigenvalue weighted by Crippen LogP contribution is -2.14. The van der Waals surface area contributed by atoms with Gasteiger partial charge in [-0.3, -0.25) is 0 Å². The third-order valence-electron chi connectivity index (χ3n) is 5.31. The number of hydrogen-bond donors (Lipinski definition) is 0. The van der Waals surface area contributed by atoms with Gasteiger partial charge in [-0.25, -0.2) is 4.79 Å². The van der Waals surface area contributed by atoms with Crippen LogP contribution in [0.1, 0.15) is 39.9 Å². The van der Waals surface area contributed by atoms with Gasteiger partial charge >= 0.3 is 5.97 Å². The maximum atomic E-state index is 11.6. The van der Waals surface area contributed by atoms with E-state index >= 15 is 0 Å². The zero-order valence-electron chi connectivity index (χ0n) is 16.3. The number of methoxy groups -OCH3 is 1. The van der Waals surface area contributed by atoms with Crippen LogP contribution in [-0.2, 0) is 4.74 Å². The molecule has 1 saturated carbocycles. The Morgan fingerprint density at radius 2 is 1.93 bits per heavy atom. The van der Waals surface area contributed by atoms with Crippen molar-refractivity contribution in [3.8, 4) is 0 Å². The van der Waals surface area contributed by atoms with Crippen molar-refractivity contribution in [2.75, 3.05) is 7.11 Å². The average Bonchev–Trinajstić information content (AvgIpc) is 3.23. The smallest absolute Gasteiger partial charge is 0.348 e. The van der Waals surface area contributed by atoms with Crippen LogP contribution in [0.3, 0.4) is 0 Å². The van der Waals surface area contributed by atoms with Crippen molar-refractivity contribution in [1.29, 1.82) is 0 Å². The minimum atomic E-state index is -0.300. The predicted octanol–water partition coefficient (Wildman–Crippen LogP) is 7.84. The number of hydrogen-bond acceptors (Lipinski definition) is 3. The second-order valence-corrected chi connectivity index (χ2v) is 9.91. The van der Waals surface area contributed by atoms with Gasteiger partial charge in [-0.15, -0.1) is 22.9 Å². The van der Waals surface area contributed by atoms with Gasteiger partial charge in [-0.05, 0) is 72.6 Å². The number of halogens is 3. The minimum Gasteiger partial charge on any atom is -0.465 e. The van der Waals surface area contributed by atoms with Gasteiger partial charge in [0.05, 0.1) is 7.11 Å². The fourth-order valence-electron chi connectivity index (χ4n) is 3.88. The molecule has 1 heterocycles. The van der Waals surface area contributed by atoms with Crippen molar-refractivity contribution in [2.24, 2.45) is 17.8 Å². The summed E-state index contributed by atoms with van der Waals surface area (Å²) in [7, 11) is 1.39. The fraction of sp³-hybridized carbons (Fsp3) is 0.348. The Morgan fingerprint density at radius 1 is 1.21 bits per heavy atom. The van der Waals surface area contributed by atoms with Crippen LogP contribution < -0.4 is 0 Å². The summed E-state index contributed by atoms with van der Waals surface area (Å²) >= 11 is 20.3. The predicted molar refractivity (Wildman–Crippen MR) is 125 cm³/mol. The Bertz CT molecular complexity index is 898. The molecule has 0 amide bonds. The molecule has 1 aliphatic carbocycles. The van der Waals surface area contributed by atoms with E-state index in [2.05, 4.69) is 31.2 Å². The van der Waals surface area contributed by atoms with E-state index in [0.717, 1.165) is 23.3 Å². The van der Waals surface area contributed by atoms with Crippen molar-refractivity contribution in [1.82, 2.24) is 0 Å². The molecule has 1 aromatic heterocycles. The highest BCUT2D eigenvalue weighted by Crippen LogP contribution is 2.43. The van der Waals surface area contributed by atoms with Gasteiger partial charge in [0.15, 0.2) is 0 Å². The van der Waals surface area contributed by atoms with Crippen LogP contribution in [0.15, 0.2) is 42.5 Å². The van der Waals surface area contributed by atoms with Crippen LogP contribution in [0.5, 0.6) is 0 Å². The molecule has 4 atom stereocenters. The number of allylic oxidation sites excluding steroid dienone is 2. The molecule has 2 aromatic rings. The topological polar surface area (TPSA) is 26.3 Å². The summed E-state index contributed by atoms with van der Waals surface area (Å²) in [5.74, 6) is 0.948. The molecule has 0 unspecified atom stereocenters. The maximum Gasteiger partial charge on any atom is 0.348 e.